The summed E-state index contributed by atoms with van der Waals surface area (Å²) in [6, 6.07) is 14.6. The molecule has 104 valence electrons. The largest absolute Gasteiger partial charge is 0.427 e. The fourth-order valence-corrected chi connectivity index (χ4v) is 2.32. The van der Waals surface area contributed by atoms with Crippen molar-refractivity contribution in [3.05, 3.63) is 65.1 Å². The van der Waals surface area contributed by atoms with Crippen LogP contribution in [-0.4, -0.2) is 11.0 Å². The lowest BCUT2D eigenvalue weighted by Gasteiger charge is -2.07. The molecule has 0 radical (unpaired) electrons. The number of rotatable bonds is 2. The highest BCUT2D eigenvalue weighted by molar-refractivity contribution is 5.95. The molecule has 21 heavy (non-hydrogen) atoms. The first-order valence-corrected chi connectivity index (χ1v) is 6.54. The molecule has 3 rings (SSSR count). The Hall–Kier alpha value is -2.88. The van der Waals surface area contributed by atoms with E-state index in [4.69, 9.17) is 4.74 Å². The maximum absolute atomic E-state index is 11.8. The van der Waals surface area contributed by atoms with Crippen molar-refractivity contribution in [3.63, 3.8) is 0 Å². The molecule has 1 aromatic heterocycles. The van der Waals surface area contributed by atoms with Gasteiger partial charge < -0.3 is 9.72 Å². The van der Waals surface area contributed by atoms with Crippen LogP contribution < -0.4 is 10.3 Å². The highest BCUT2D eigenvalue weighted by Crippen LogP contribution is 2.27. The quantitative estimate of drug-likeness (QED) is 0.579. The molecule has 0 aliphatic rings. The average molecular weight is 279 g/mol. The summed E-state index contributed by atoms with van der Waals surface area (Å²) in [5.74, 6) is 0.150. The highest BCUT2D eigenvalue weighted by Gasteiger charge is 2.07. The number of ether oxygens (including phenoxy) is 1. The molecule has 0 amide bonds. The number of fused-ring (bicyclic) bond motifs is 1. The van der Waals surface area contributed by atoms with Crippen molar-refractivity contribution < 1.29 is 9.53 Å². The van der Waals surface area contributed by atoms with Gasteiger partial charge in [-0.3, -0.25) is 9.59 Å². The standard InChI is InChI=1S/C17H13NO3/c1-11(19)21-13-8-6-12(7-9-13)16-10-18-17(20)15-5-3-2-4-14(15)16/h2-10H,1H3,(H,18,20). The van der Waals surface area contributed by atoms with Gasteiger partial charge in [0, 0.05) is 24.1 Å². The number of hydrogen-bond acceptors (Lipinski definition) is 3. The Bertz CT molecular complexity index is 863. The van der Waals surface area contributed by atoms with Crippen LogP contribution in [-0.2, 0) is 4.79 Å². The van der Waals surface area contributed by atoms with E-state index < -0.39 is 0 Å². The fourth-order valence-electron chi connectivity index (χ4n) is 2.32. The maximum atomic E-state index is 11.8. The fraction of sp³-hybridized carbons (Fsp3) is 0.0588. The molecule has 3 aromatic rings. The minimum absolute atomic E-state index is 0.106. The summed E-state index contributed by atoms with van der Waals surface area (Å²) in [5.41, 5.74) is 1.77. The van der Waals surface area contributed by atoms with Crippen LogP contribution in [0.1, 0.15) is 6.92 Å². The SMILES string of the molecule is CC(=O)Oc1ccc(-c2c[nH]c(=O)c3ccccc23)cc1. The van der Waals surface area contributed by atoms with Crippen molar-refractivity contribution >= 4 is 16.7 Å². The van der Waals surface area contributed by atoms with Crippen molar-refractivity contribution in [2.45, 2.75) is 6.92 Å². The van der Waals surface area contributed by atoms with Crippen LogP contribution in [0.3, 0.4) is 0 Å². The zero-order chi connectivity index (χ0) is 14.8. The van der Waals surface area contributed by atoms with Crippen LogP contribution in [0.25, 0.3) is 21.9 Å². The van der Waals surface area contributed by atoms with E-state index in [1.54, 1.807) is 24.4 Å². The second kappa shape index (κ2) is 5.25. The zero-order valence-electron chi connectivity index (χ0n) is 11.4. The molecular formula is C17H13NO3. The van der Waals surface area contributed by atoms with Gasteiger partial charge in [0.25, 0.3) is 5.56 Å². The van der Waals surface area contributed by atoms with Gasteiger partial charge >= 0.3 is 5.97 Å². The van der Waals surface area contributed by atoms with Crippen molar-refractivity contribution in [1.82, 2.24) is 4.98 Å². The van der Waals surface area contributed by atoms with E-state index >= 15 is 0 Å². The summed E-state index contributed by atoms with van der Waals surface area (Å²) >= 11 is 0. The smallest absolute Gasteiger partial charge is 0.308 e. The highest BCUT2D eigenvalue weighted by atomic mass is 16.5. The Labute approximate surface area is 121 Å². The number of H-pyrrole nitrogens is 1. The lowest BCUT2D eigenvalue weighted by Crippen LogP contribution is -2.05. The molecule has 0 unspecified atom stereocenters. The van der Waals surface area contributed by atoms with Gasteiger partial charge in [-0.05, 0) is 29.1 Å². The van der Waals surface area contributed by atoms with Gasteiger partial charge in [-0.15, -0.1) is 0 Å². The Morgan fingerprint density at radius 1 is 1.00 bits per heavy atom. The second-order valence-corrected chi connectivity index (χ2v) is 4.70. The molecule has 0 saturated carbocycles. The van der Waals surface area contributed by atoms with Crippen LogP contribution in [0.4, 0.5) is 0 Å². The second-order valence-electron chi connectivity index (χ2n) is 4.70. The Kier molecular flexibility index (Phi) is 3.28. The van der Waals surface area contributed by atoms with Crippen LogP contribution in [0.2, 0.25) is 0 Å². The number of nitrogens with one attached hydrogen (secondary N) is 1. The number of aromatic nitrogens is 1. The molecule has 4 heteroatoms. The van der Waals surface area contributed by atoms with Gasteiger partial charge in [-0.1, -0.05) is 30.3 Å². The van der Waals surface area contributed by atoms with Crippen LogP contribution in [0.15, 0.2) is 59.5 Å². The number of benzene rings is 2. The topological polar surface area (TPSA) is 59.2 Å². The minimum atomic E-state index is -0.350. The van der Waals surface area contributed by atoms with E-state index in [0.29, 0.717) is 11.1 Å². The first-order valence-electron chi connectivity index (χ1n) is 6.54. The Morgan fingerprint density at radius 3 is 2.33 bits per heavy atom. The third kappa shape index (κ3) is 2.56. The van der Waals surface area contributed by atoms with Gasteiger partial charge in [-0.25, -0.2) is 0 Å². The molecule has 0 bridgehead atoms. The van der Waals surface area contributed by atoms with Crippen molar-refractivity contribution in [2.24, 2.45) is 0 Å². The lowest BCUT2D eigenvalue weighted by atomic mass is 10.0. The lowest BCUT2D eigenvalue weighted by molar-refractivity contribution is -0.131. The summed E-state index contributed by atoms with van der Waals surface area (Å²) in [7, 11) is 0. The third-order valence-corrected chi connectivity index (χ3v) is 3.24. The molecular weight excluding hydrogens is 266 g/mol. The normalized spacial score (nSPS) is 10.5. The number of carbonyl (C=O) groups is 1. The molecule has 4 nitrogen and oxygen atoms in total. The summed E-state index contributed by atoms with van der Waals surface area (Å²) in [5, 5.41) is 1.54. The number of hydrogen-bond donors (Lipinski definition) is 1. The van der Waals surface area contributed by atoms with Crippen LogP contribution >= 0.6 is 0 Å². The predicted molar refractivity (Wildman–Crippen MR) is 81.3 cm³/mol. The Balaban J connectivity index is 2.10. The zero-order valence-corrected chi connectivity index (χ0v) is 11.4. The molecule has 1 heterocycles. The first-order chi connectivity index (χ1) is 10.1. The van der Waals surface area contributed by atoms with Gasteiger partial charge in [0.05, 0.1) is 0 Å². The third-order valence-electron chi connectivity index (χ3n) is 3.24. The molecule has 0 aliphatic carbocycles. The molecule has 0 fully saturated rings. The summed E-state index contributed by atoms with van der Waals surface area (Å²) in [6.45, 7) is 1.36. The number of carbonyl (C=O) groups excluding carboxylic acids is 1. The Morgan fingerprint density at radius 2 is 1.67 bits per heavy atom. The summed E-state index contributed by atoms with van der Waals surface area (Å²) in [4.78, 5) is 25.5. The number of pyridine rings is 1. The molecule has 2 aromatic carbocycles. The van der Waals surface area contributed by atoms with E-state index in [-0.39, 0.29) is 11.5 Å². The predicted octanol–water partition coefficient (Wildman–Crippen LogP) is 3.12. The minimum Gasteiger partial charge on any atom is -0.427 e. The van der Waals surface area contributed by atoms with Crippen LogP contribution in [0, 0.1) is 0 Å². The van der Waals surface area contributed by atoms with E-state index in [2.05, 4.69) is 4.98 Å². The summed E-state index contributed by atoms with van der Waals surface area (Å²) < 4.78 is 5.01. The monoisotopic (exact) mass is 279 g/mol. The van der Waals surface area contributed by atoms with Gasteiger partial charge in [-0.2, -0.15) is 0 Å². The van der Waals surface area contributed by atoms with Crippen molar-refractivity contribution in [2.75, 3.05) is 0 Å². The molecule has 0 aliphatic heterocycles. The summed E-state index contributed by atoms with van der Waals surface area (Å²) in [6.07, 6.45) is 1.70. The van der Waals surface area contributed by atoms with Gasteiger partial charge in [0.2, 0.25) is 0 Å². The van der Waals surface area contributed by atoms with Crippen molar-refractivity contribution in [1.29, 1.82) is 0 Å². The molecule has 0 spiro atoms. The molecule has 1 N–H and O–H groups in total. The first kappa shape index (κ1) is 13.1. The molecule has 0 atom stereocenters. The molecule has 0 saturated heterocycles. The van der Waals surface area contributed by atoms with E-state index in [9.17, 15) is 9.59 Å². The van der Waals surface area contributed by atoms with Gasteiger partial charge in [0.1, 0.15) is 5.75 Å². The van der Waals surface area contributed by atoms with E-state index in [1.807, 2.05) is 30.3 Å². The van der Waals surface area contributed by atoms with Crippen LogP contribution in [0.5, 0.6) is 5.75 Å². The van der Waals surface area contributed by atoms with E-state index in [1.165, 1.54) is 6.92 Å². The maximum Gasteiger partial charge on any atom is 0.308 e. The average Bonchev–Trinajstić information content (AvgIpc) is 2.48. The number of esters is 1. The van der Waals surface area contributed by atoms with Crippen molar-refractivity contribution in [3.8, 4) is 16.9 Å². The number of aromatic amines is 1. The van der Waals surface area contributed by atoms with E-state index in [0.717, 1.165) is 16.5 Å². The van der Waals surface area contributed by atoms with Gasteiger partial charge in [0.15, 0.2) is 0 Å².